The van der Waals surface area contributed by atoms with E-state index in [1.54, 1.807) is 37.4 Å². The first-order chi connectivity index (χ1) is 14.5. The highest BCUT2D eigenvalue weighted by Gasteiger charge is 2.33. The Balaban J connectivity index is 1.80. The van der Waals surface area contributed by atoms with Gasteiger partial charge in [0.2, 0.25) is 0 Å². The topological polar surface area (TPSA) is 31.4 Å². The van der Waals surface area contributed by atoms with Gasteiger partial charge in [-0.15, -0.1) is 0 Å². The van der Waals surface area contributed by atoms with Crippen LogP contribution in [-0.4, -0.2) is 12.1 Å². The summed E-state index contributed by atoms with van der Waals surface area (Å²) in [6.07, 6.45) is -3.02. The van der Waals surface area contributed by atoms with Crippen molar-refractivity contribution in [3.8, 4) is 22.6 Å². The summed E-state index contributed by atoms with van der Waals surface area (Å²) in [5, 5.41) is 0.437. The van der Waals surface area contributed by atoms with E-state index in [-0.39, 0.29) is 12.1 Å². The van der Waals surface area contributed by atoms with Gasteiger partial charge >= 0.3 is 6.18 Å². The number of alkyl halides is 3. The fourth-order valence-electron chi connectivity index (χ4n) is 3.38. The summed E-state index contributed by atoms with van der Waals surface area (Å²) in [7, 11) is 1.58. The van der Waals surface area contributed by atoms with Crippen molar-refractivity contribution in [2.45, 2.75) is 12.8 Å². The molecule has 0 unspecified atom stereocenters. The Bertz CT molecular complexity index is 1160. The first-order valence-electron chi connectivity index (χ1n) is 9.27. The fraction of sp³-hybridized carbons (Fsp3) is 0.125. The summed E-state index contributed by atoms with van der Waals surface area (Å²) < 4.78 is 51.5. The smallest absolute Gasteiger partial charge is 0.418 e. The number of halogens is 3. The number of benzene rings is 3. The van der Waals surface area contributed by atoms with Crippen LogP contribution in [0.3, 0.4) is 0 Å². The van der Waals surface area contributed by atoms with Crippen LogP contribution >= 0.6 is 0 Å². The zero-order valence-corrected chi connectivity index (χ0v) is 16.1. The molecule has 30 heavy (non-hydrogen) atoms. The molecule has 0 atom stereocenters. The van der Waals surface area contributed by atoms with E-state index in [1.807, 2.05) is 30.3 Å². The Morgan fingerprint density at radius 1 is 0.833 bits per heavy atom. The summed E-state index contributed by atoms with van der Waals surface area (Å²) in [5.41, 5.74) is 1.36. The van der Waals surface area contributed by atoms with E-state index >= 15 is 0 Å². The predicted molar refractivity (Wildman–Crippen MR) is 110 cm³/mol. The van der Waals surface area contributed by atoms with Gasteiger partial charge in [0, 0.05) is 17.1 Å². The number of hydrogen-bond acceptors (Lipinski definition) is 3. The number of fused-ring (bicyclic) bond motifs is 1. The molecule has 4 rings (SSSR count). The molecule has 0 radical (unpaired) electrons. The van der Waals surface area contributed by atoms with E-state index in [4.69, 9.17) is 9.47 Å². The largest absolute Gasteiger partial charge is 0.497 e. The van der Waals surface area contributed by atoms with Crippen LogP contribution in [0, 0.1) is 0 Å². The zero-order chi connectivity index (χ0) is 21.1. The van der Waals surface area contributed by atoms with E-state index < -0.39 is 11.7 Å². The van der Waals surface area contributed by atoms with Crippen LogP contribution in [0.4, 0.5) is 13.2 Å². The van der Waals surface area contributed by atoms with Gasteiger partial charge < -0.3 is 9.47 Å². The molecule has 0 bridgehead atoms. The van der Waals surface area contributed by atoms with Crippen LogP contribution in [-0.2, 0) is 12.8 Å². The minimum Gasteiger partial charge on any atom is -0.497 e. The number of ether oxygens (including phenoxy) is 2. The van der Waals surface area contributed by atoms with Gasteiger partial charge in [0.15, 0.2) is 0 Å². The lowest BCUT2D eigenvalue weighted by atomic mass is 9.95. The molecule has 0 aliphatic rings. The van der Waals surface area contributed by atoms with Gasteiger partial charge in [0.25, 0.3) is 0 Å². The van der Waals surface area contributed by atoms with Crippen LogP contribution in [0.25, 0.3) is 22.0 Å². The second-order valence-corrected chi connectivity index (χ2v) is 6.69. The number of methoxy groups -OCH3 is 1. The molecular weight excluding hydrogens is 391 g/mol. The van der Waals surface area contributed by atoms with Gasteiger partial charge in [-0.1, -0.05) is 42.5 Å². The maximum absolute atomic E-state index is 13.5. The van der Waals surface area contributed by atoms with E-state index in [0.717, 1.165) is 11.6 Å². The molecule has 0 amide bonds. The Morgan fingerprint density at radius 3 is 2.20 bits per heavy atom. The van der Waals surface area contributed by atoms with Crippen molar-refractivity contribution in [3.63, 3.8) is 0 Å². The van der Waals surface area contributed by atoms with Crippen molar-refractivity contribution >= 4 is 10.9 Å². The standard InChI is InChI=1S/C24H18F3NO2/c1-29-18-10-12-19(13-11-18)30-15-17-14-28-23-20(8-5-9-21(23)24(25,26)27)22(17)16-6-3-2-4-7-16/h2-14H,15H2,1H3. The van der Waals surface area contributed by atoms with Gasteiger partial charge in [-0.3, -0.25) is 4.98 Å². The van der Waals surface area contributed by atoms with Crippen LogP contribution < -0.4 is 9.47 Å². The summed E-state index contributed by atoms with van der Waals surface area (Å²) in [6, 6.07) is 20.5. The molecule has 3 nitrogen and oxygen atoms in total. The lowest BCUT2D eigenvalue weighted by molar-refractivity contribution is -0.136. The molecule has 0 N–H and O–H groups in total. The molecule has 0 fully saturated rings. The van der Waals surface area contributed by atoms with E-state index in [1.165, 1.54) is 12.3 Å². The van der Waals surface area contributed by atoms with Gasteiger partial charge in [-0.05, 0) is 41.5 Å². The Kier molecular flexibility index (Phi) is 5.31. The lowest BCUT2D eigenvalue weighted by Crippen LogP contribution is -2.08. The van der Waals surface area contributed by atoms with Crippen molar-refractivity contribution in [2.24, 2.45) is 0 Å². The maximum Gasteiger partial charge on any atom is 0.418 e. The van der Waals surface area contributed by atoms with Gasteiger partial charge in [-0.25, -0.2) is 0 Å². The lowest BCUT2D eigenvalue weighted by Gasteiger charge is -2.16. The highest BCUT2D eigenvalue weighted by atomic mass is 19.4. The summed E-state index contributed by atoms with van der Waals surface area (Å²) in [6.45, 7) is 0.162. The minimum absolute atomic E-state index is 0.0722. The second kappa shape index (κ2) is 8.06. The fourth-order valence-corrected chi connectivity index (χ4v) is 3.38. The first kappa shape index (κ1) is 19.8. The average molecular weight is 409 g/mol. The van der Waals surface area contributed by atoms with Crippen LogP contribution in [0.1, 0.15) is 11.1 Å². The Labute approximate surface area is 171 Å². The number of nitrogens with zero attached hydrogens (tertiary/aromatic N) is 1. The van der Waals surface area contributed by atoms with E-state index in [9.17, 15) is 13.2 Å². The Morgan fingerprint density at radius 2 is 1.53 bits per heavy atom. The highest BCUT2D eigenvalue weighted by Crippen LogP contribution is 2.38. The average Bonchev–Trinajstić information content (AvgIpc) is 2.77. The van der Waals surface area contributed by atoms with Crippen molar-refractivity contribution in [1.29, 1.82) is 0 Å². The minimum atomic E-state index is -4.48. The van der Waals surface area contributed by atoms with E-state index in [2.05, 4.69) is 4.98 Å². The molecule has 0 spiro atoms. The van der Waals surface area contributed by atoms with E-state index in [0.29, 0.717) is 28.0 Å². The molecule has 0 aliphatic heterocycles. The molecule has 0 saturated carbocycles. The van der Waals surface area contributed by atoms with Crippen molar-refractivity contribution < 1.29 is 22.6 Å². The summed E-state index contributed by atoms with van der Waals surface area (Å²) in [4.78, 5) is 4.15. The quantitative estimate of drug-likeness (QED) is 0.377. The molecule has 0 aliphatic carbocycles. The number of aromatic nitrogens is 1. The third-order valence-electron chi connectivity index (χ3n) is 4.80. The third kappa shape index (κ3) is 3.94. The van der Waals surface area contributed by atoms with Gasteiger partial charge in [0.05, 0.1) is 18.2 Å². The molecule has 6 heteroatoms. The number of para-hydroxylation sites is 1. The third-order valence-corrected chi connectivity index (χ3v) is 4.80. The number of pyridine rings is 1. The molecule has 0 saturated heterocycles. The van der Waals surface area contributed by atoms with Crippen LogP contribution in [0.2, 0.25) is 0 Å². The molecule has 1 aromatic heterocycles. The predicted octanol–water partition coefficient (Wildman–Crippen LogP) is 6.51. The van der Waals surface area contributed by atoms with Crippen molar-refractivity contribution in [2.75, 3.05) is 7.11 Å². The Hall–Kier alpha value is -3.54. The van der Waals surface area contributed by atoms with Gasteiger partial charge in [-0.2, -0.15) is 13.2 Å². The monoisotopic (exact) mass is 409 g/mol. The molecule has 152 valence electrons. The number of hydrogen-bond donors (Lipinski definition) is 0. The normalized spacial score (nSPS) is 11.5. The second-order valence-electron chi connectivity index (χ2n) is 6.69. The first-order valence-corrected chi connectivity index (χ1v) is 9.27. The molecule has 1 heterocycles. The number of rotatable bonds is 5. The maximum atomic E-state index is 13.5. The van der Waals surface area contributed by atoms with Gasteiger partial charge in [0.1, 0.15) is 18.1 Å². The highest BCUT2D eigenvalue weighted by molar-refractivity contribution is 5.97. The molecular formula is C24H18F3NO2. The van der Waals surface area contributed by atoms with Crippen LogP contribution in [0.15, 0.2) is 79.0 Å². The van der Waals surface area contributed by atoms with Crippen molar-refractivity contribution in [3.05, 3.63) is 90.1 Å². The van der Waals surface area contributed by atoms with Crippen molar-refractivity contribution in [1.82, 2.24) is 4.98 Å². The summed E-state index contributed by atoms with van der Waals surface area (Å²) >= 11 is 0. The molecule has 3 aromatic carbocycles. The SMILES string of the molecule is COc1ccc(OCc2cnc3c(C(F)(F)F)cccc3c2-c2ccccc2)cc1. The summed E-state index contributed by atoms with van der Waals surface area (Å²) in [5.74, 6) is 1.33. The zero-order valence-electron chi connectivity index (χ0n) is 16.1. The molecule has 4 aromatic rings. The van der Waals surface area contributed by atoms with Crippen LogP contribution in [0.5, 0.6) is 11.5 Å².